The third-order valence-electron chi connectivity index (χ3n) is 2.29. The smallest absolute Gasteiger partial charge is 0.115 e. The first-order chi connectivity index (χ1) is 8.15. The fraction of sp³-hybridized carbons (Fsp3) is 0.0769. The van der Waals surface area contributed by atoms with Gasteiger partial charge in [0.25, 0.3) is 0 Å². The van der Waals surface area contributed by atoms with Crippen molar-refractivity contribution in [2.45, 2.75) is 6.92 Å². The van der Waals surface area contributed by atoms with E-state index in [2.05, 4.69) is 10.2 Å². The molecule has 4 heteroatoms. The standard InChI is InChI=1S/C13H11ClN2O/c1-9-2-3-10(14)8-13(9)16-15-11-4-6-12(17)7-5-11/h2-8,17H,1H3. The Kier molecular flexibility index (Phi) is 3.40. The Hall–Kier alpha value is -1.87. The Balaban J connectivity index is 2.25. The van der Waals surface area contributed by atoms with E-state index in [-0.39, 0.29) is 5.75 Å². The van der Waals surface area contributed by atoms with Crippen LogP contribution in [0.4, 0.5) is 11.4 Å². The van der Waals surface area contributed by atoms with Crippen LogP contribution < -0.4 is 0 Å². The zero-order chi connectivity index (χ0) is 12.3. The molecule has 17 heavy (non-hydrogen) atoms. The summed E-state index contributed by atoms with van der Waals surface area (Å²) < 4.78 is 0. The number of phenolic OH excluding ortho intramolecular Hbond substituents is 1. The number of azo groups is 1. The predicted molar refractivity (Wildman–Crippen MR) is 68.5 cm³/mol. The Morgan fingerprint density at radius 1 is 1.00 bits per heavy atom. The monoisotopic (exact) mass is 246 g/mol. The maximum atomic E-state index is 9.13. The molecule has 0 saturated heterocycles. The van der Waals surface area contributed by atoms with Gasteiger partial charge in [0.15, 0.2) is 0 Å². The Morgan fingerprint density at radius 3 is 2.41 bits per heavy atom. The van der Waals surface area contributed by atoms with Gasteiger partial charge in [-0.2, -0.15) is 10.2 Å². The lowest BCUT2D eigenvalue weighted by atomic mass is 10.2. The fourth-order valence-corrected chi connectivity index (χ4v) is 1.49. The molecular weight excluding hydrogens is 236 g/mol. The second-order valence-electron chi connectivity index (χ2n) is 3.65. The van der Waals surface area contributed by atoms with Crippen molar-refractivity contribution in [2.75, 3.05) is 0 Å². The molecule has 0 aliphatic heterocycles. The van der Waals surface area contributed by atoms with Crippen LogP contribution in [0.5, 0.6) is 5.75 Å². The van der Waals surface area contributed by atoms with Gasteiger partial charge in [0, 0.05) is 5.02 Å². The third-order valence-corrected chi connectivity index (χ3v) is 2.53. The maximum Gasteiger partial charge on any atom is 0.115 e. The van der Waals surface area contributed by atoms with Gasteiger partial charge in [-0.3, -0.25) is 0 Å². The lowest BCUT2D eigenvalue weighted by Gasteiger charge is -1.99. The van der Waals surface area contributed by atoms with Gasteiger partial charge >= 0.3 is 0 Å². The molecule has 0 saturated carbocycles. The zero-order valence-electron chi connectivity index (χ0n) is 9.26. The average Bonchev–Trinajstić information content (AvgIpc) is 2.32. The minimum atomic E-state index is 0.211. The van der Waals surface area contributed by atoms with Crippen molar-refractivity contribution in [2.24, 2.45) is 10.2 Å². The Bertz CT molecular complexity index is 550. The lowest BCUT2D eigenvalue weighted by Crippen LogP contribution is -1.73. The fourth-order valence-electron chi connectivity index (χ4n) is 1.32. The summed E-state index contributed by atoms with van der Waals surface area (Å²) in [4.78, 5) is 0. The van der Waals surface area contributed by atoms with Crippen molar-refractivity contribution in [1.29, 1.82) is 0 Å². The van der Waals surface area contributed by atoms with Crippen LogP contribution in [0.1, 0.15) is 5.56 Å². The minimum absolute atomic E-state index is 0.211. The molecule has 0 atom stereocenters. The van der Waals surface area contributed by atoms with Gasteiger partial charge < -0.3 is 5.11 Å². The van der Waals surface area contributed by atoms with Crippen molar-refractivity contribution < 1.29 is 5.11 Å². The molecule has 0 aliphatic carbocycles. The molecule has 0 amide bonds. The summed E-state index contributed by atoms with van der Waals surface area (Å²) in [6.45, 7) is 1.95. The van der Waals surface area contributed by atoms with E-state index in [1.165, 1.54) is 0 Å². The summed E-state index contributed by atoms with van der Waals surface area (Å²) in [5.41, 5.74) is 2.43. The molecule has 2 aromatic rings. The summed E-state index contributed by atoms with van der Waals surface area (Å²) in [5, 5.41) is 18.0. The highest BCUT2D eigenvalue weighted by Crippen LogP contribution is 2.25. The summed E-state index contributed by atoms with van der Waals surface area (Å²) in [6, 6.07) is 12.0. The highest BCUT2D eigenvalue weighted by Gasteiger charge is 1.97. The summed E-state index contributed by atoms with van der Waals surface area (Å²) in [6.07, 6.45) is 0. The number of aromatic hydroxyl groups is 1. The van der Waals surface area contributed by atoms with Gasteiger partial charge in [-0.15, -0.1) is 0 Å². The molecule has 2 aromatic carbocycles. The molecule has 0 fully saturated rings. The normalized spacial score (nSPS) is 10.9. The molecule has 86 valence electrons. The highest BCUT2D eigenvalue weighted by atomic mass is 35.5. The lowest BCUT2D eigenvalue weighted by molar-refractivity contribution is 0.475. The molecule has 0 radical (unpaired) electrons. The number of aryl methyl sites for hydroxylation is 1. The molecule has 0 aromatic heterocycles. The van der Waals surface area contributed by atoms with Gasteiger partial charge in [-0.1, -0.05) is 17.7 Å². The van der Waals surface area contributed by atoms with Crippen LogP contribution in [0, 0.1) is 6.92 Å². The summed E-state index contributed by atoms with van der Waals surface area (Å²) in [7, 11) is 0. The van der Waals surface area contributed by atoms with Crippen LogP contribution in [0.15, 0.2) is 52.7 Å². The predicted octanol–water partition coefficient (Wildman–Crippen LogP) is 4.77. The molecule has 0 aliphatic rings. The number of hydrogen-bond acceptors (Lipinski definition) is 3. The average molecular weight is 247 g/mol. The molecule has 0 unspecified atom stereocenters. The number of benzene rings is 2. The van der Waals surface area contributed by atoms with Crippen LogP contribution >= 0.6 is 11.6 Å². The largest absolute Gasteiger partial charge is 0.508 e. The van der Waals surface area contributed by atoms with E-state index in [0.717, 1.165) is 11.3 Å². The molecule has 0 heterocycles. The van der Waals surface area contributed by atoms with E-state index in [1.54, 1.807) is 30.3 Å². The van der Waals surface area contributed by atoms with Gasteiger partial charge in [0.1, 0.15) is 5.75 Å². The minimum Gasteiger partial charge on any atom is -0.508 e. The number of hydrogen-bond donors (Lipinski definition) is 1. The van der Waals surface area contributed by atoms with Gasteiger partial charge in [0.05, 0.1) is 11.4 Å². The number of phenols is 1. The van der Waals surface area contributed by atoms with Crippen molar-refractivity contribution >= 4 is 23.0 Å². The van der Waals surface area contributed by atoms with E-state index in [4.69, 9.17) is 16.7 Å². The SMILES string of the molecule is Cc1ccc(Cl)cc1N=Nc1ccc(O)cc1. The van der Waals surface area contributed by atoms with E-state index in [0.29, 0.717) is 10.7 Å². The first kappa shape index (κ1) is 11.6. The van der Waals surface area contributed by atoms with Gasteiger partial charge in [-0.25, -0.2) is 0 Å². The number of rotatable bonds is 2. The molecule has 2 rings (SSSR count). The van der Waals surface area contributed by atoms with Crippen molar-refractivity contribution in [3.63, 3.8) is 0 Å². The quantitative estimate of drug-likeness (QED) is 0.762. The summed E-state index contributed by atoms with van der Waals surface area (Å²) >= 11 is 5.88. The van der Waals surface area contributed by atoms with Crippen molar-refractivity contribution in [3.05, 3.63) is 53.1 Å². The summed E-state index contributed by atoms with van der Waals surface area (Å²) in [5.74, 6) is 0.211. The molecular formula is C13H11ClN2O. The zero-order valence-corrected chi connectivity index (χ0v) is 10.0. The van der Waals surface area contributed by atoms with E-state index < -0.39 is 0 Å². The van der Waals surface area contributed by atoms with Crippen LogP contribution in [0.2, 0.25) is 5.02 Å². The van der Waals surface area contributed by atoms with Crippen molar-refractivity contribution in [1.82, 2.24) is 0 Å². The van der Waals surface area contributed by atoms with E-state index >= 15 is 0 Å². The van der Waals surface area contributed by atoms with Gasteiger partial charge in [0.2, 0.25) is 0 Å². The molecule has 0 spiro atoms. The van der Waals surface area contributed by atoms with Crippen molar-refractivity contribution in [3.8, 4) is 5.75 Å². The first-order valence-corrected chi connectivity index (χ1v) is 5.50. The van der Waals surface area contributed by atoms with Gasteiger partial charge in [-0.05, 0) is 48.9 Å². The number of nitrogens with zero attached hydrogens (tertiary/aromatic N) is 2. The molecule has 3 nitrogen and oxygen atoms in total. The number of halogens is 1. The van der Waals surface area contributed by atoms with Crippen LogP contribution in [-0.2, 0) is 0 Å². The first-order valence-electron chi connectivity index (χ1n) is 5.12. The van der Waals surface area contributed by atoms with E-state index in [9.17, 15) is 0 Å². The second-order valence-corrected chi connectivity index (χ2v) is 4.08. The Labute approximate surface area is 104 Å². The van der Waals surface area contributed by atoms with E-state index in [1.807, 2.05) is 19.1 Å². The molecule has 1 N–H and O–H groups in total. The Morgan fingerprint density at radius 2 is 1.71 bits per heavy atom. The third kappa shape index (κ3) is 3.04. The van der Waals surface area contributed by atoms with Crippen LogP contribution in [-0.4, -0.2) is 5.11 Å². The molecule has 0 bridgehead atoms. The maximum absolute atomic E-state index is 9.13. The highest BCUT2D eigenvalue weighted by molar-refractivity contribution is 6.30. The van der Waals surface area contributed by atoms with Crippen LogP contribution in [0.25, 0.3) is 0 Å². The topological polar surface area (TPSA) is 45.0 Å². The second kappa shape index (κ2) is 4.97. The van der Waals surface area contributed by atoms with Crippen LogP contribution in [0.3, 0.4) is 0 Å².